The molecule has 0 saturated heterocycles. The van der Waals surface area contributed by atoms with Gasteiger partial charge in [0.1, 0.15) is 5.75 Å². The van der Waals surface area contributed by atoms with Crippen LogP contribution in [0.2, 0.25) is 0 Å². The van der Waals surface area contributed by atoms with Crippen LogP contribution in [0.1, 0.15) is 55.3 Å². The Bertz CT molecular complexity index is 1290. The van der Waals surface area contributed by atoms with Crippen LogP contribution < -0.4 is 14.8 Å². The van der Waals surface area contributed by atoms with Crippen LogP contribution in [0.4, 0.5) is 0 Å². The number of ether oxygens (including phenoxy) is 1. The summed E-state index contributed by atoms with van der Waals surface area (Å²) in [7, 11) is -3.74. The lowest BCUT2D eigenvalue weighted by atomic mass is 10.0. The van der Waals surface area contributed by atoms with Gasteiger partial charge in [0.15, 0.2) is 0 Å². The molecule has 0 aliphatic heterocycles. The second-order valence-corrected chi connectivity index (χ2v) is 11.8. The van der Waals surface area contributed by atoms with Gasteiger partial charge in [-0.1, -0.05) is 74.5 Å². The van der Waals surface area contributed by atoms with Crippen LogP contribution >= 0.6 is 0 Å². The molecule has 8 heteroatoms. The van der Waals surface area contributed by atoms with Crippen molar-refractivity contribution in [2.24, 2.45) is 5.92 Å². The third kappa shape index (κ3) is 8.97. The summed E-state index contributed by atoms with van der Waals surface area (Å²) >= 11 is 0. The van der Waals surface area contributed by atoms with E-state index >= 15 is 0 Å². The van der Waals surface area contributed by atoms with E-state index in [2.05, 4.69) is 10.0 Å². The Morgan fingerprint density at radius 1 is 0.921 bits per heavy atom. The number of aliphatic hydroxyl groups is 1. The summed E-state index contributed by atoms with van der Waals surface area (Å²) in [6.45, 7) is 8.49. The standard InChI is InChI=1S/C30H38N2O5S/c1-21(2)20-38(35,36)32-30(34)27-15-14-26(18-29(27)37-22(3)4)24-12-10-23(11-13-24)16-17-31-19-28(33)25-8-6-5-7-9-25/h5-15,18,21-22,28,31,33H,16-17,19-20H2,1-4H3,(H,32,34)/t28-/m0/s1. The largest absolute Gasteiger partial charge is 0.490 e. The zero-order valence-corrected chi connectivity index (χ0v) is 23.3. The summed E-state index contributed by atoms with van der Waals surface area (Å²) in [5.74, 6) is -0.603. The molecule has 7 nitrogen and oxygen atoms in total. The Kier molecular flexibility index (Phi) is 10.5. The van der Waals surface area contributed by atoms with Crippen molar-refractivity contribution in [1.29, 1.82) is 0 Å². The first-order valence-electron chi connectivity index (χ1n) is 12.9. The Morgan fingerprint density at radius 3 is 2.21 bits per heavy atom. The van der Waals surface area contributed by atoms with E-state index in [-0.39, 0.29) is 23.3 Å². The van der Waals surface area contributed by atoms with E-state index in [1.165, 1.54) is 0 Å². The van der Waals surface area contributed by atoms with Crippen molar-refractivity contribution in [3.05, 3.63) is 89.5 Å². The topological polar surface area (TPSA) is 105 Å². The molecule has 0 aromatic heterocycles. The molecule has 0 heterocycles. The number of carbonyl (C=O) groups is 1. The molecule has 38 heavy (non-hydrogen) atoms. The van der Waals surface area contributed by atoms with Crippen LogP contribution in [0.15, 0.2) is 72.8 Å². The number of sulfonamides is 1. The molecule has 1 atom stereocenters. The van der Waals surface area contributed by atoms with E-state index in [1.54, 1.807) is 32.0 Å². The molecule has 1 amide bonds. The van der Waals surface area contributed by atoms with Crippen molar-refractivity contribution in [1.82, 2.24) is 10.0 Å². The van der Waals surface area contributed by atoms with Gasteiger partial charge in [0, 0.05) is 6.54 Å². The number of aliphatic hydroxyl groups excluding tert-OH is 1. The van der Waals surface area contributed by atoms with E-state index in [4.69, 9.17) is 4.74 Å². The van der Waals surface area contributed by atoms with E-state index in [0.717, 1.165) is 35.2 Å². The molecule has 3 N–H and O–H groups in total. The number of nitrogens with one attached hydrogen (secondary N) is 2. The summed E-state index contributed by atoms with van der Waals surface area (Å²) in [6.07, 6.45) is 0.0774. The summed E-state index contributed by atoms with van der Waals surface area (Å²) in [5, 5.41) is 13.6. The van der Waals surface area contributed by atoms with Crippen molar-refractivity contribution in [2.45, 2.75) is 46.3 Å². The van der Waals surface area contributed by atoms with E-state index in [1.807, 2.05) is 68.4 Å². The van der Waals surface area contributed by atoms with Gasteiger partial charge in [-0.05, 0) is 67.1 Å². The maximum Gasteiger partial charge on any atom is 0.268 e. The van der Waals surface area contributed by atoms with Crippen molar-refractivity contribution in [2.75, 3.05) is 18.8 Å². The van der Waals surface area contributed by atoms with Gasteiger partial charge in [-0.3, -0.25) is 4.79 Å². The van der Waals surface area contributed by atoms with Crippen molar-refractivity contribution in [3.63, 3.8) is 0 Å². The summed E-state index contributed by atoms with van der Waals surface area (Å²) < 4.78 is 32.6. The minimum absolute atomic E-state index is 0.103. The van der Waals surface area contributed by atoms with E-state index in [0.29, 0.717) is 12.3 Å². The van der Waals surface area contributed by atoms with Gasteiger partial charge >= 0.3 is 0 Å². The van der Waals surface area contributed by atoms with E-state index < -0.39 is 22.0 Å². The van der Waals surface area contributed by atoms with Gasteiger partial charge in [-0.15, -0.1) is 0 Å². The summed E-state index contributed by atoms with van der Waals surface area (Å²) in [5.41, 5.74) is 4.04. The van der Waals surface area contributed by atoms with Crippen LogP contribution in [-0.2, 0) is 16.4 Å². The number of carbonyl (C=O) groups excluding carboxylic acids is 1. The quantitative estimate of drug-likeness (QED) is 0.272. The molecule has 0 radical (unpaired) electrons. The number of rotatable bonds is 13. The first kappa shape index (κ1) is 29.4. The summed E-state index contributed by atoms with van der Waals surface area (Å²) in [6, 6.07) is 22.9. The predicted octanol–water partition coefficient (Wildman–Crippen LogP) is 4.72. The molecular weight excluding hydrogens is 500 g/mol. The van der Waals surface area contributed by atoms with Crippen LogP contribution in [0, 0.1) is 5.92 Å². The summed E-state index contributed by atoms with van der Waals surface area (Å²) in [4.78, 5) is 12.8. The van der Waals surface area contributed by atoms with Gasteiger partial charge in [0.05, 0.1) is 23.5 Å². The number of hydrogen-bond acceptors (Lipinski definition) is 6. The van der Waals surface area contributed by atoms with Crippen molar-refractivity contribution < 1.29 is 23.1 Å². The molecular formula is C30H38N2O5S. The fraction of sp³-hybridized carbons (Fsp3) is 0.367. The van der Waals surface area contributed by atoms with Crippen LogP contribution in [-0.4, -0.2) is 44.4 Å². The molecule has 0 unspecified atom stereocenters. The first-order valence-corrected chi connectivity index (χ1v) is 14.6. The van der Waals surface area contributed by atoms with Gasteiger partial charge in [-0.2, -0.15) is 0 Å². The monoisotopic (exact) mass is 538 g/mol. The lowest BCUT2D eigenvalue weighted by Crippen LogP contribution is -2.34. The maximum absolute atomic E-state index is 12.8. The Morgan fingerprint density at radius 2 is 1.58 bits per heavy atom. The fourth-order valence-electron chi connectivity index (χ4n) is 4.05. The zero-order chi connectivity index (χ0) is 27.7. The highest BCUT2D eigenvalue weighted by Crippen LogP contribution is 2.29. The first-order chi connectivity index (χ1) is 18.0. The third-order valence-corrected chi connectivity index (χ3v) is 7.39. The molecule has 0 spiro atoms. The molecule has 3 aromatic carbocycles. The lowest BCUT2D eigenvalue weighted by molar-refractivity contribution is 0.0975. The lowest BCUT2D eigenvalue weighted by Gasteiger charge is -2.16. The Hall–Kier alpha value is -3.20. The van der Waals surface area contributed by atoms with Crippen molar-refractivity contribution in [3.8, 4) is 16.9 Å². The highest BCUT2D eigenvalue weighted by molar-refractivity contribution is 7.90. The molecule has 0 fully saturated rings. The number of benzene rings is 3. The normalized spacial score (nSPS) is 12.5. The molecule has 3 rings (SSSR count). The minimum atomic E-state index is -3.74. The molecule has 0 aliphatic rings. The third-order valence-electron chi connectivity index (χ3n) is 5.79. The van der Waals surface area contributed by atoms with Crippen LogP contribution in [0.25, 0.3) is 11.1 Å². The molecule has 3 aromatic rings. The van der Waals surface area contributed by atoms with Crippen LogP contribution in [0.3, 0.4) is 0 Å². The van der Waals surface area contributed by atoms with Gasteiger partial charge in [-0.25, -0.2) is 13.1 Å². The highest BCUT2D eigenvalue weighted by atomic mass is 32.2. The smallest absolute Gasteiger partial charge is 0.268 e. The molecule has 0 aliphatic carbocycles. The fourth-order valence-corrected chi connectivity index (χ4v) is 5.40. The maximum atomic E-state index is 12.8. The number of hydrogen-bond donors (Lipinski definition) is 3. The Labute approximate surface area is 226 Å². The molecule has 0 saturated carbocycles. The minimum Gasteiger partial charge on any atom is -0.490 e. The number of amides is 1. The Balaban J connectivity index is 1.65. The average Bonchev–Trinajstić information content (AvgIpc) is 2.86. The highest BCUT2D eigenvalue weighted by Gasteiger charge is 2.21. The average molecular weight is 539 g/mol. The molecule has 0 bridgehead atoms. The van der Waals surface area contributed by atoms with Crippen LogP contribution in [0.5, 0.6) is 5.75 Å². The van der Waals surface area contributed by atoms with Gasteiger partial charge in [0.2, 0.25) is 10.0 Å². The predicted molar refractivity (Wildman–Crippen MR) is 152 cm³/mol. The SMILES string of the molecule is CC(C)CS(=O)(=O)NC(=O)c1ccc(-c2ccc(CCNC[C@H](O)c3ccccc3)cc2)cc1OC(C)C. The van der Waals surface area contributed by atoms with Gasteiger partial charge in [0.25, 0.3) is 5.91 Å². The zero-order valence-electron chi connectivity index (χ0n) is 22.5. The van der Waals surface area contributed by atoms with E-state index in [9.17, 15) is 18.3 Å². The van der Waals surface area contributed by atoms with Gasteiger partial charge < -0.3 is 15.2 Å². The second-order valence-electron chi connectivity index (χ2n) is 10.1. The van der Waals surface area contributed by atoms with Crippen molar-refractivity contribution >= 4 is 15.9 Å². The second kappa shape index (κ2) is 13.6. The molecule has 204 valence electrons.